The molecule has 0 atom stereocenters. The number of hydrogen-bond donors (Lipinski definition) is 1. The zero-order chi connectivity index (χ0) is 14.1. The lowest BCUT2D eigenvalue weighted by atomic mass is 10.1. The molecule has 4 heteroatoms. The van der Waals surface area contributed by atoms with Crippen LogP contribution >= 0.6 is 0 Å². The second-order valence-electron chi connectivity index (χ2n) is 4.27. The van der Waals surface area contributed by atoms with Gasteiger partial charge in [-0.3, -0.25) is 9.59 Å². The highest BCUT2D eigenvalue weighted by Gasteiger charge is 2.12. The summed E-state index contributed by atoms with van der Waals surface area (Å²) in [5, 5.41) is 2.66. The van der Waals surface area contributed by atoms with Crippen molar-refractivity contribution in [2.45, 2.75) is 13.3 Å². The minimum Gasteiger partial charge on any atom is -0.351 e. The molecule has 0 saturated carbocycles. The zero-order valence-electron chi connectivity index (χ0n) is 11.3. The fourth-order valence-corrected chi connectivity index (χ4v) is 1.67. The summed E-state index contributed by atoms with van der Waals surface area (Å²) in [7, 11) is 0. The fraction of sp³-hybridized carbons (Fsp3) is 0.333. The van der Waals surface area contributed by atoms with E-state index < -0.39 is 0 Å². The van der Waals surface area contributed by atoms with E-state index in [1.807, 2.05) is 30.3 Å². The molecule has 0 aliphatic heterocycles. The molecule has 1 N–H and O–H groups in total. The number of nitrogens with one attached hydrogen (secondary N) is 1. The molecule has 0 fully saturated rings. The van der Waals surface area contributed by atoms with Crippen LogP contribution in [0.5, 0.6) is 0 Å². The van der Waals surface area contributed by atoms with Crippen LogP contribution in [-0.2, 0) is 16.0 Å². The van der Waals surface area contributed by atoms with E-state index in [9.17, 15) is 9.59 Å². The van der Waals surface area contributed by atoms with Crippen LogP contribution in [0, 0.1) is 0 Å². The highest BCUT2D eigenvalue weighted by molar-refractivity contribution is 5.83. The predicted octanol–water partition coefficient (Wildman–Crippen LogP) is 1.38. The van der Waals surface area contributed by atoms with Crippen molar-refractivity contribution < 1.29 is 9.59 Å². The van der Waals surface area contributed by atoms with Crippen LogP contribution < -0.4 is 5.32 Å². The fourth-order valence-electron chi connectivity index (χ4n) is 1.67. The number of carbonyl (C=O) groups is 2. The molecule has 19 heavy (non-hydrogen) atoms. The van der Waals surface area contributed by atoms with Gasteiger partial charge in [-0.05, 0) is 12.0 Å². The first-order valence-corrected chi connectivity index (χ1v) is 6.30. The van der Waals surface area contributed by atoms with Gasteiger partial charge in [0.2, 0.25) is 11.8 Å². The number of benzene rings is 1. The van der Waals surface area contributed by atoms with E-state index in [0.29, 0.717) is 13.1 Å². The second-order valence-corrected chi connectivity index (χ2v) is 4.27. The lowest BCUT2D eigenvalue weighted by Crippen LogP contribution is -2.40. The number of hydrogen-bond acceptors (Lipinski definition) is 2. The Hall–Kier alpha value is -2.10. The Kier molecular flexibility index (Phi) is 6.36. The van der Waals surface area contributed by atoms with Gasteiger partial charge in [0.05, 0.1) is 6.54 Å². The van der Waals surface area contributed by atoms with Gasteiger partial charge in [-0.2, -0.15) is 0 Å². The van der Waals surface area contributed by atoms with Gasteiger partial charge in [-0.1, -0.05) is 36.4 Å². The lowest BCUT2D eigenvalue weighted by molar-refractivity contribution is -0.134. The third-order valence-electron chi connectivity index (χ3n) is 2.74. The van der Waals surface area contributed by atoms with Crippen molar-refractivity contribution in [1.29, 1.82) is 0 Å². The van der Waals surface area contributed by atoms with Gasteiger partial charge in [0.1, 0.15) is 0 Å². The molecule has 1 aromatic carbocycles. The molecule has 1 aromatic rings. The summed E-state index contributed by atoms with van der Waals surface area (Å²) in [5.74, 6) is -0.257. The average molecular weight is 260 g/mol. The third-order valence-corrected chi connectivity index (χ3v) is 2.74. The maximum Gasteiger partial charge on any atom is 0.239 e. The standard InChI is InChI=1S/C15H20N2O2/c1-3-10-16-15(19)12-17(13(2)18)11-9-14-7-5-4-6-8-14/h3-8H,1,9-12H2,2H3,(H,16,19). The van der Waals surface area contributed by atoms with Gasteiger partial charge in [0, 0.05) is 20.0 Å². The van der Waals surface area contributed by atoms with E-state index in [1.165, 1.54) is 6.92 Å². The molecule has 4 nitrogen and oxygen atoms in total. The van der Waals surface area contributed by atoms with Crippen LogP contribution in [0.2, 0.25) is 0 Å². The molecule has 0 spiro atoms. The number of nitrogens with zero attached hydrogens (tertiary/aromatic N) is 1. The van der Waals surface area contributed by atoms with Crippen LogP contribution in [0.3, 0.4) is 0 Å². The first kappa shape index (κ1) is 15.0. The molecular weight excluding hydrogens is 240 g/mol. The van der Waals surface area contributed by atoms with E-state index in [0.717, 1.165) is 12.0 Å². The van der Waals surface area contributed by atoms with Crippen molar-refractivity contribution in [3.8, 4) is 0 Å². The first-order chi connectivity index (χ1) is 9.13. The highest BCUT2D eigenvalue weighted by atomic mass is 16.2. The quantitative estimate of drug-likeness (QED) is 0.753. The van der Waals surface area contributed by atoms with E-state index in [1.54, 1.807) is 11.0 Å². The molecule has 0 saturated heterocycles. The van der Waals surface area contributed by atoms with Crippen LogP contribution in [0.25, 0.3) is 0 Å². The van der Waals surface area contributed by atoms with Gasteiger partial charge in [0.25, 0.3) is 0 Å². The smallest absolute Gasteiger partial charge is 0.239 e. The van der Waals surface area contributed by atoms with Crippen molar-refractivity contribution >= 4 is 11.8 Å². The molecule has 0 heterocycles. The average Bonchev–Trinajstić information content (AvgIpc) is 2.42. The Bertz CT molecular complexity index is 429. The molecular formula is C15H20N2O2. The van der Waals surface area contributed by atoms with Gasteiger partial charge in [-0.25, -0.2) is 0 Å². The SMILES string of the molecule is C=CCNC(=O)CN(CCc1ccccc1)C(C)=O. The van der Waals surface area contributed by atoms with Crippen molar-refractivity contribution in [3.05, 3.63) is 48.6 Å². The second kappa shape index (κ2) is 8.08. The number of amides is 2. The van der Waals surface area contributed by atoms with Crippen LogP contribution in [0.1, 0.15) is 12.5 Å². The Balaban J connectivity index is 2.47. The van der Waals surface area contributed by atoms with E-state index in [2.05, 4.69) is 11.9 Å². The van der Waals surface area contributed by atoms with E-state index in [-0.39, 0.29) is 18.4 Å². The molecule has 0 aliphatic rings. The zero-order valence-corrected chi connectivity index (χ0v) is 11.3. The molecule has 0 radical (unpaired) electrons. The minimum atomic E-state index is -0.164. The summed E-state index contributed by atoms with van der Waals surface area (Å²) in [5.41, 5.74) is 1.15. The molecule has 0 unspecified atom stereocenters. The maximum atomic E-state index is 11.6. The van der Waals surface area contributed by atoms with E-state index in [4.69, 9.17) is 0 Å². The minimum absolute atomic E-state index is 0.0929. The highest BCUT2D eigenvalue weighted by Crippen LogP contribution is 2.01. The van der Waals surface area contributed by atoms with Crippen molar-refractivity contribution in [1.82, 2.24) is 10.2 Å². The van der Waals surface area contributed by atoms with Crippen molar-refractivity contribution in [3.63, 3.8) is 0 Å². The van der Waals surface area contributed by atoms with Crippen molar-refractivity contribution in [2.75, 3.05) is 19.6 Å². The summed E-state index contributed by atoms with van der Waals surface area (Å²) < 4.78 is 0. The van der Waals surface area contributed by atoms with Gasteiger partial charge >= 0.3 is 0 Å². The summed E-state index contributed by atoms with van der Waals surface area (Å²) in [6, 6.07) is 9.90. The van der Waals surface area contributed by atoms with Crippen LogP contribution in [0.4, 0.5) is 0 Å². The summed E-state index contributed by atoms with van der Waals surface area (Å²) in [6.07, 6.45) is 2.36. The predicted molar refractivity (Wildman–Crippen MR) is 75.6 cm³/mol. The maximum absolute atomic E-state index is 11.6. The molecule has 1 rings (SSSR count). The summed E-state index contributed by atoms with van der Waals surface area (Å²) >= 11 is 0. The largest absolute Gasteiger partial charge is 0.351 e. The Morgan fingerprint density at radius 1 is 1.32 bits per heavy atom. The first-order valence-electron chi connectivity index (χ1n) is 6.30. The van der Waals surface area contributed by atoms with Crippen LogP contribution in [-0.4, -0.2) is 36.3 Å². The van der Waals surface area contributed by atoms with Crippen molar-refractivity contribution in [2.24, 2.45) is 0 Å². The molecule has 102 valence electrons. The lowest BCUT2D eigenvalue weighted by Gasteiger charge is -2.20. The monoisotopic (exact) mass is 260 g/mol. The van der Waals surface area contributed by atoms with Gasteiger partial charge in [0.15, 0.2) is 0 Å². The summed E-state index contributed by atoms with van der Waals surface area (Å²) in [6.45, 7) is 6.06. The van der Waals surface area contributed by atoms with E-state index >= 15 is 0 Å². The van der Waals surface area contributed by atoms with Crippen LogP contribution in [0.15, 0.2) is 43.0 Å². The molecule has 0 bridgehead atoms. The molecule has 2 amide bonds. The Morgan fingerprint density at radius 3 is 2.58 bits per heavy atom. The Labute approximate surface area is 114 Å². The number of rotatable bonds is 7. The normalized spacial score (nSPS) is 9.74. The van der Waals surface area contributed by atoms with Gasteiger partial charge in [-0.15, -0.1) is 6.58 Å². The Morgan fingerprint density at radius 2 is 2.00 bits per heavy atom. The topological polar surface area (TPSA) is 49.4 Å². The molecule has 0 aliphatic carbocycles. The summed E-state index contributed by atoms with van der Waals surface area (Å²) in [4.78, 5) is 24.6. The molecule has 0 aromatic heterocycles. The van der Waals surface area contributed by atoms with Gasteiger partial charge < -0.3 is 10.2 Å². The third kappa shape index (κ3) is 5.86. The number of carbonyl (C=O) groups excluding carboxylic acids is 2.